The molecule has 4 aliphatic rings. The molecule has 3 N–H and O–H groups in total. The third-order valence-corrected chi connectivity index (χ3v) is 9.43. The molecule has 0 saturated heterocycles. The predicted octanol–water partition coefficient (Wildman–Crippen LogP) is 8.44. The van der Waals surface area contributed by atoms with Crippen LogP contribution in [-0.2, 0) is 16.1 Å². The van der Waals surface area contributed by atoms with E-state index in [0.717, 1.165) is 53.2 Å². The number of primary amides is 1. The first kappa shape index (κ1) is 33.4. The third kappa shape index (κ3) is 8.07. The van der Waals surface area contributed by atoms with E-state index in [9.17, 15) is 9.59 Å². The van der Waals surface area contributed by atoms with Gasteiger partial charge in [-0.05, 0) is 98.4 Å². The predicted molar refractivity (Wildman–Crippen MR) is 178 cm³/mol. The number of halogens is 2. The molecule has 4 atom stereocenters. The summed E-state index contributed by atoms with van der Waals surface area (Å²) in [6.45, 7) is 4.91. The number of nitrogens with one attached hydrogen (secondary N) is 1. The fourth-order valence-electron chi connectivity index (χ4n) is 6.04. The fraction of sp³-hybridized carbons (Fsp3) is 0.371. The van der Waals surface area contributed by atoms with E-state index in [-0.39, 0.29) is 0 Å². The van der Waals surface area contributed by atoms with E-state index in [4.69, 9.17) is 38.2 Å². The largest absolute Gasteiger partial charge is 0.465 e. The first-order valence-electron chi connectivity index (χ1n) is 15.3. The Morgan fingerprint density at radius 3 is 2.26 bits per heavy atom. The molecule has 0 spiro atoms. The number of carbonyl (C=O) groups excluding carboxylic acids is 2. The number of hydrogen-bond acceptors (Lipinski definition) is 7. The zero-order chi connectivity index (χ0) is 32.8. The van der Waals surface area contributed by atoms with Crippen LogP contribution in [0.5, 0.6) is 0 Å². The number of amides is 2. The molecule has 46 heavy (non-hydrogen) atoms. The number of aryl methyl sites for hydroxylation is 1. The van der Waals surface area contributed by atoms with Gasteiger partial charge in [0.15, 0.2) is 0 Å². The van der Waals surface area contributed by atoms with E-state index in [1.807, 2.05) is 43.5 Å². The van der Waals surface area contributed by atoms with Crippen LogP contribution >= 0.6 is 23.2 Å². The lowest BCUT2D eigenvalue weighted by molar-refractivity contribution is 0.00526. The molecule has 4 fully saturated rings. The van der Waals surface area contributed by atoms with Gasteiger partial charge >= 0.3 is 12.0 Å². The quantitative estimate of drug-likeness (QED) is 0.190. The van der Waals surface area contributed by atoms with E-state index in [1.165, 1.54) is 37.6 Å². The van der Waals surface area contributed by atoms with Gasteiger partial charge in [0.2, 0.25) is 0 Å². The number of esters is 1. The van der Waals surface area contributed by atoms with Crippen molar-refractivity contribution in [1.82, 2.24) is 10.1 Å². The summed E-state index contributed by atoms with van der Waals surface area (Å²) < 4.78 is 16.6. The number of urea groups is 1. The Kier molecular flexibility index (Phi) is 11.0. The number of benzene rings is 2. The summed E-state index contributed by atoms with van der Waals surface area (Å²) in [5, 5.41) is 7.91. The van der Waals surface area contributed by atoms with E-state index in [1.54, 1.807) is 18.3 Å². The normalized spacial score (nSPS) is 20.7. The smallest absolute Gasteiger partial charge is 0.337 e. The van der Waals surface area contributed by atoms with Gasteiger partial charge in [0, 0.05) is 35.1 Å². The number of pyridine rings is 1. The molecule has 0 aliphatic heterocycles. The van der Waals surface area contributed by atoms with Crippen LogP contribution in [0, 0.1) is 24.7 Å². The highest BCUT2D eigenvalue weighted by molar-refractivity contribution is 6.39. The molecule has 9 nitrogen and oxygen atoms in total. The number of carbonyl (C=O) groups is 2. The summed E-state index contributed by atoms with van der Waals surface area (Å²) >= 11 is 12.8. The van der Waals surface area contributed by atoms with Gasteiger partial charge < -0.3 is 25.0 Å². The van der Waals surface area contributed by atoms with Gasteiger partial charge in [-0.25, -0.2) is 9.59 Å². The summed E-state index contributed by atoms with van der Waals surface area (Å²) in [6.07, 6.45) is 8.81. The molecular formula is C35H38Cl2N4O5. The molecule has 2 bridgehead atoms. The van der Waals surface area contributed by atoms with Crippen molar-refractivity contribution in [1.29, 1.82) is 0 Å². The minimum absolute atomic E-state index is 0.372. The standard InChI is InChI=1S/C20H21Cl2NO2.C9H10N2O3.C6H7N/c1-10-12-7-13(10)17(8-12)24-9-14-19(23-25-20(14)11-5-6-11)18-15(21)3-2-4-16(18)22;1-14-8(12)6-2-4-7(5-3-6)11-9(10)13;1-6-3-2-4-7-5-6/h2-4,10-13,17H,5-9H2,1H3;2-5H,1H3,(H3,10,11,13);2-5H,1H3. The number of hydrogen-bond donors (Lipinski definition) is 2. The summed E-state index contributed by atoms with van der Waals surface area (Å²) in [4.78, 5) is 25.4. The first-order valence-corrected chi connectivity index (χ1v) is 16.1. The minimum atomic E-state index is -0.643. The van der Waals surface area contributed by atoms with Gasteiger partial charge in [-0.15, -0.1) is 0 Å². The van der Waals surface area contributed by atoms with Gasteiger partial charge in [-0.1, -0.05) is 47.4 Å². The maximum atomic E-state index is 11.0. The summed E-state index contributed by atoms with van der Waals surface area (Å²) in [6, 6.07) is 15.0. The molecule has 11 heteroatoms. The van der Waals surface area contributed by atoms with Crippen LogP contribution in [0.2, 0.25) is 10.0 Å². The summed E-state index contributed by atoms with van der Waals surface area (Å²) in [7, 11) is 1.30. The van der Waals surface area contributed by atoms with Crippen LogP contribution in [0.25, 0.3) is 11.3 Å². The lowest BCUT2D eigenvalue weighted by Crippen LogP contribution is -2.29. The summed E-state index contributed by atoms with van der Waals surface area (Å²) in [5.41, 5.74) is 9.61. The Labute approximate surface area is 278 Å². The van der Waals surface area contributed by atoms with Crippen LogP contribution < -0.4 is 11.1 Å². The van der Waals surface area contributed by atoms with Crippen molar-refractivity contribution in [2.75, 3.05) is 12.4 Å². The zero-order valence-corrected chi connectivity index (χ0v) is 27.6. The molecule has 8 rings (SSSR count). The van der Waals surface area contributed by atoms with Crippen molar-refractivity contribution in [3.8, 4) is 11.3 Å². The molecule has 4 aliphatic carbocycles. The van der Waals surface area contributed by atoms with Crippen LogP contribution in [0.3, 0.4) is 0 Å². The number of nitrogens with two attached hydrogens (primary N) is 1. The van der Waals surface area contributed by atoms with Crippen molar-refractivity contribution in [3.05, 3.63) is 99.5 Å². The second-order valence-electron chi connectivity index (χ2n) is 11.9. The van der Waals surface area contributed by atoms with Gasteiger partial charge in [0.05, 0.1) is 35.4 Å². The molecule has 0 radical (unpaired) electrons. The minimum Gasteiger partial charge on any atom is -0.465 e. The number of fused-ring (bicyclic) bond motifs is 1. The Morgan fingerprint density at radius 1 is 1.04 bits per heavy atom. The Hall–Kier alpha value is -3.92. The Bertz CT molecular complexity index is 1620. The lowest BCUT2D eigenvalue weighted by atomic mass is 9.73. The van der Waals surface area contributed by atoms with Crippen molar-refractivity contribution >= 4 is 40.9 Å². The zero-order valence-electron chi connectivity index (χ0n) is 26.0. The van der Waals surface area contributed by atoms with Crippen molar-refractivity contribution in [2.45, 2.75) is 58.2 Å². The van der Waals surface area contributed by atoms with E-state index in [0.29, 0.717) is 39.9 Å². The molecule has 4 aromatic rings. The summed E-state index contributed by atoms with van der Waals surface area (Å²) in [5.74, 6) is 3.41. The Balaban J connectivity index is 0.000000166. The van der Waals surface area contributed by atoms with Crippen LogP contribution in [-0.4, -0.2) is 35.4 Å². The highest BCUT2D eigenvalue weighted by Crippen LogP contribution is 2.55. The maximum Gasteiger partial charge on any atom is 0.337 e. The Morgan fingerprint density at radius 2 is 1.76 bits per heavy atom. The molecule has 2 aromatic heterocycles. The van der Waals surface area contributed by atoms with Gasteiger partial charge in [0.1, 0.15) is 11.5 Å². The van der Waals surface area contributed by atoms with Crippen LogP contribution in [0.15, 0.2) is 71.5 Å². The topological polar surface area (TPSA) is 130 Å². The number of rotatable bonds is 7. The highest BCUT2D eigenvalue weighted by atomic mass is 35.5. The maximum absolute atomic E-state index is 11.0. The number of methoxy groups -OCH3 is 1. The van der Waals surface area contributed by atoms with Gasteiger partial charge in [-0.2, -0.15) is 0 Å². The van der Waals surface area contributed by atoms with Crippen LogP contribution in [0.4, 0.5) is 10.5 Å². The SMILES string of the molecule is CC1C2CC(OCc3c(-c4c(Cl)cccc4Cl)noc3C3CC3)C1C2.COC(=O)c1ccc(NC(N)=O)cc1.Cc1cccnc1. The number of aromatic nitrogens is 2. The molecular weight excluding hydrogens is 627 g/mol. The van der Waals surface area contributed by atoms with Gasteiger partial charge in [0.25, 0.3) is 0 Å². The first-order chi connectivity index (χ1) is 22.2. The third-order valence-electron chi connectivity index (χ3n) is 8.80. The van der Waals surface area contributed by atoms with Crippen molar-refractivity contribution in [2.24, 2.45) is 23.5 Å². The number of ether oxygens (including phenoxy) is 2. The van der Waals surface area contributed by atoms with Crippen LogP contribution in [0.1, 0.15) is 65.8 Å². The van der Waals surface area contributed by atoms with E-state index in [2.05, 4.69) is 27.1 Å². The lowest BCUT2D eigenvalue weighted by Gasteiger charge is -2.33. The molecule has 4 saturated carbocycles. The van der Waals surface area contributed by atoms with Crippen molar-refractivity contribution in [3.63, 3.8) is 0 Å². The average molecular weight is 666 g/mol. The molecule has 2 amide bonds. The fourth-order valence-corrected chi connectivity index (χ4v) is 6.61. The second kappa shape index (κ2) is 15.1. The monoisotopic (exact) mass is 664 g/mol. The molecule has 4 unspecified atom stereocenters. The molecule has 2 aromatic carbocycles. The highest BCUT2D eigenvalue weighted by Gasteiger charge is 2.51. The van der Waals surface area contributed by atoms with E-state index < -0.39 is 12.0 Å². The average Bonchev–Trinajstić information content (AvgIpc) is 3.53. The molecule has 242 valence electrons. The van der Waals surface area contributed by atoms with Gasteiger partial charge in [-0.3, -0.25) is 4.98 Å². The second-order valence-corrected chi connectivity index (χ2v) is 12.8. The number of anilines is 1. The van der Waals surface area contributed by atoms with E-state index >= 15 is 0 Å². The molecule has 2 heterocycles. The number of nitrogens with zero attached hydrogens (tertiary/aromatic N) is 2. The van der Waals surface area contributed by atoms with Crippen molar-refractivity contribution < 1.29 is 23.6 Å².